The molecule has 0 aliphatic heterocycles. The van der Waals surface area contributed by atoms with Crippen molar-refractivity contribution in [3.05, 3.63) is 24.3 Å². The van der Waals surface area contributed by atoms with Gasteiger partial charge in [0.15, 0.2) is 0 Å². The van der Waals surface area contributed by atoms with E-state index in [2.05, 4.69) is 4.74 Å². The minimum absolute atomic E-state index is 0.118. The summed E-state index contributed by atoms with van der Waals surface area (Å²) in [4.78, 5) is 0. The Bertz CT molecular complexity index is 316. The number of halogens is 4. The molecular weight excluding hydrogens is 202 g/mol. The third kappa shape index (κ3) is 2.27. The lowest BCUT2D eigenvalue weighted by Gasteiger charge is -2.17. The van der Waals surface area contributed by atoms with Crippen molar-refractivity contribution in [3.8, 4) is 5.75 Å². The van der Waals surface area contributed by atoms with Crippen LogP contribution in [0.4, 0.5) is 23.2 Å². The predicted octanol–water partition coefficient (Wildman–Crippen LogP) is 2.51. The van der Waals surface area contributed by atoms with Crippen molar-refractivity contribution in [1.82, 2.24) is 0 Å². The number of hydrogen-bond acceptors (Lipinski definition) is 2. The normalized spacial score (nSPS) is 11.8. The molecule has 0 heterocycles. The summed E-state index contributed by atoms with van der Waals surface area (Å²) in [6, 6.07) is 5.19. The van der Waals surface area contributed by atoms with Crippen LogP contribution >= 0.6 is 0 Å². The van der Waals surface area contributed by atoms with E-state index in [1.165, 1.54) is 18.2 Å². The Labute approximate surface area is 77.3 Å². The number of alkyl halides is 4. The van der Waals surface area contributed by atoms with Crippen molar-refractivity contribution in [2.24, 2.45) is 0 Å². The van der Waals surface area contributed by atoms with Gasteiger partial charge in [0, 0.05) is 0 Å². The van der Waals surface area contributed by atoms with E-state index in [9.17, 15) is 17.6 Å². The second kappa shape index (κ2) is 3.73. The quantitative estimate of drug-likeness (QED) is 0.613. The fourth-order valence-electron chi connectivity index (χ4n) is 0.765. The van der Waals surface area contributed by atoms with Gasteiger partial charge in [-0.1, -0.05) is 12.1 Å². The summed E-state index contributed by atoms with van der Waals surface area (Å²) in [6.45, 7) is 0. The molecule has 2 nitrogen and oxygen atoms in total. The Kier molecular flexibility index (Phi) is 2.83. The second-order valence-electron chi connectivity index (χ2n) is 2.50. The van der Waals surface area contributed by atoms with Crippen LogP contribution in [0.2, 0.25) is 0 Å². The number of anilines is 1. The van der Waals surface area contributed by atoms with Crippen LogP contribution in [-0.4, -0.2) is 12.5 Å². The molecule has 1 aromatic rings. The largest absolute Gasteiger partial charge is 0.461 e. The van der Waals surface area contributed by atoms with Gasteiger partial charge in [-0.05, 0) is 12.1 Å². The summed E-state index contributed by atoms with van der Waals surface area (Å²) in [7, 11) is 0. The molecule has 0 aliphatic rings. The molecule has 0 saturated carbocycles. The Morgan fingerprint density at radius 3 is 2.29 bits per heavy atom. The Balaban J connectivity index is 2.84. The van der Waals surface area contributed by atoms with E-state index in [0.29, 0.717) is 0 Å². The van der Waals surface area contributed by atoms with Gasteiger partial charge in [0.25, 0.3) is 0 Å². The van der Waals surface area contributed by atoms with Gasteiger partial charge in [-0.2, -0.15) is 17.6 Å². The van der Waals surface area contributed by atoms with Crippen LogP contribution in [0.3, 0.4) is 0 Å². The van der Waals surface area contributed by atoms with Crippen LogP contribution in [-0.2, 0) is 0 Å². The molecule has 1 aromatic carbocycles. The summed E-state index contributed by atoms with van der Waals surface area (Å²) in [5.41, 5.74) is 5.11. The molecule has 0 spiro atoms. The number of nitrogens with two attached hydrogens (primary N) is 1. The number of hydrogen-bond donors (Lipinski definition) is 1. The molecule has 0 bridgehead atoms. The van der Waals surface area contributed by atoms with Gasteiger partial charge in [-0.15, -0.1) is 0 Å². The molecule has 14 heavy (non-hydrogen) atoms. The lowest BCUT2D eigenvalue weighted by atomic mass is 10.3. The van der Waals surface area contributed by atoms with Gasteiger partial charge >= 0.3 is 12.5 Å². The first-order valence-electron chi connectivity index (χ1n) is 3.63. The number of ether oxygens (including phenoxy) is 1. The van der Waals surface area contributed by atoms with E-state index >= 15 is 0 Å². The zero-order chi connectivity index (χ0) is 10.8. The van der Waals surface area contributed by atoms with Gasteiger partial charge in [-0.25, -0.2) is 0 Å². The molecule has 0 atom stereocenters. The maximum absolute atomic E-state index is 12.4. The van der Waals surface area contributed by atoms with Crippen molar-refractivity contribution in [2.75, 3.05) is 5.73 Å². The van der Waals surface area contributed by atoms with Crippen molar-refractivity contribution in [2.45, 2.75) is 12.5 Å². The van der Waals surface area contributed by atoms with E-state index in [4.69, 9.17) is 5.73 Å². The maximum Gasteiger partial charge on any atom is 0.461 e. The van der Waals surface area contributed by atoms with Crippen LogP contribution in [0.1, 0.15) is 0 Å². The molecule has 6 heteroatoms. The Morgan fingerprint density at radius 2 is 1.79 bits per heavy atom. The SMILES string of the molecule is Nc1ccccc1OC(F)(F)C(F)F. The van der Waals surface area contributed by atoms with E-state index in [0.717, 1.165) is 6.07 Å². The Morgan fingerprint density at radius 1 is 1.21 bits per heavy atom. The number of para-hydroxylation sites is 2. The van der Waals surface area contributed by atoms with Gasteiger partial charge in [0.1, 0.15) is 5.75 Å². The monoisotopic (exact) mass is 209 g/mol. The van der Waals surface area contributed by atoms with Crippen LogP contribution in [0.25, 0.3) is 0 Å². The third-order valence-corrected chi connectivity index (χ3v) is 1.42. The summed E-state index contributed by atoms with van der Waals surface area (Å²) >= 11 is 0. The summed E-state index contributed by atoms with van der Waals surface area (Å²) in [6.07, 6.45) is -8.41. The Hall–Kier alpha value is -1.46. The van der Waals surface area contributed by atoms with E-state index in [1.807, 2.05) is 0 Å². The fourth-order valence-corrected chi connectivity index (χ4v) is 0.765. The first-order valence-corrected chi connectivity index (χ1v) is 3.63. The molecule has 2 N–H and O–H groups in total. The molecule has 0 aromatic heterocycles. The van der Waals surface area contributed by atoms with Crippen molar-refractivity contribution in [3.63, 3.8) is 0 Å². The topological polar surface area (TPSA) is 35.2 Å². The molecule has 0 aliphatic carbocycles. The van der Waals surface area contributed by atoms with Gasteiger partial charge in [-0.3, -0.25) is 0 Å². The molecular formula is C8H7F4NO. The lowest BCUT2D eigenvalue weighted by molar-refractivity contribution is -0.252. The first kappa shape index (κ1) is 10.6. The summed E-state index contributed by atoms with van der Waals surface area (Å²) in [5.74, 6) is -0.460. The summed E-state index contributed by atoms with van der Waals surface area (Å²) < 4.78 is 52.0. The number of benzene rings is 1. The second-order valence-corrected chi connectivity index (χ2v) is 2.50. The lowest BCUT2D eigenvalue weighted by Crippen LogP contribution is -2.33. The van der Waals surface area contributed by atoms with Crippen molar-refractivity contribution < 1.29 is 22.3 Å². The average Bonchev–Trinajstić information content (AvgIpc) is 2.08. The maximum atomic E-state index is 12.4. The molecule has 1 rings (SSSR count). The van der Waals surface area contributed by atoms with Gasteiger partial charge < -0.3 is 10.5 Å². The van der Waals surface area contributed by atoms with Crippen LogP contribution in [0.5, 0.6) is 5.75 Å². The number of rotatable bonds is 3. The van der Waals surface area contributed by atoms with E-state index in [1.54, 1.807) is 0 Å². The van der Waals surface area contributed by atoms with Crippen LogP contribution < -0.4 is 10.5 Å². The molecule has 78 valence electrons. The zero-order valence-electron chi connectivity index (χ0n) is 6.88. The van der Waals surface area contributed by atoms with Crippen molar-refractivity contribution in [1.29, 1.82) is 0 Å². The average molecular weight is 209 g/mol. The zero-order valence-corrected chi connectivity index (χ0v) is 6.88. The third-order valence-electron chi connectivity index (χ3n) is 1.42. The minimum Gasteiger partial charge on any atom is -0.426 e. The highest BCUT2D eigenvalue weighted by molar-refractivity contribution is 5.51. The van der Waals surface area contributed by atoms with Gasteiger partial charge in [0.2, 0.25) is 0 Å². The highest BCUT2D eigenvalue weighted by atomic mass is 19.3. The van der Waals surface area contributed by atoms with Crippen LogP contribution in [0, 0.1) is 0 Å². The molecule has 0 saturated heterocycles. The molecule has 0 amide bonds. The molecule has 0 unspecified atom stereocenters. The van der Waals surface area contributed by atoms with Gasteiger partial charge in [0.05, 0.1) is 5.69 Å². The minimum atomic E-state index is -4.52. The summed E-state index contributed by atoms with van der Waals surface area (Å²) in [5, 5.41) is 0. The van der Waals surface area contributed by atoms with Crippen LogP contribution in [0.15, 0.2) is 24.3 Å². The highest BCUT2D eigenvalue weighted by Crippen LogP contribution is 2.30. The number of nitrogen functional groups attached to an aromatic ring is 1. The molecule has 0 radical (unpaired) electrons. The fraction of sp³-hybridized carbons (Fsp3) is 0.250. The van der Waals surface area contributed by atoms with Crippen molar-refractivity contribution >= 4 is 5.69 Å². The highest BCUT2D eigenvalue weighted by Gasteiger charge is 2.44. The standard InChI is InChI=1S/C8H7F4NO/c9-7(10)8(11,12)14-6-4-2-1-3-5(6)13/h1-4,7H,13H2. The smallest absolute Gasteiger partial charge is 0.426 e. The first-order chi connectivity index (χ1) is 6.43. The predicted molar refractivity (Wildman–Crippen MR) is 42.4 cm³/mol. The van der Waals surface area contributed by atoms with E-state index in [-0.39, 0.29) is 5.69 Å². The molecule has 0 fully saturated rings. The van der Waals surface area contributed by atoms with E-state index < -0.39 is 18.3 Å².